The standard InChI is InChI=1S/C27H52O3/c1-3-5-7-9-11-13-17-21-25-26(30-25)22-18-14-12-15-19-23-27(28)29-24-20-16-10-8-6-4-2/h25-26H,3-24H2,1-2H3. The molecule has 1 fully saturated rings. The lowest BCUT2D eigenvalue weighted by Crippen LogP contribution is -2.05. The Morgan fingerprint density at radius 2 is 1.03 bits per heavy atom. The maximum atomic E-state index is 11.7. The van der Waals surface area contributed by atoms with E-state index in [0.717, 1.165) is 19.3 Å². The molecule has 0 bridgehead atoms. The molecule has 0 aromatic heterocycles. The molecule has 178 valence electrons. The van der Waals surface area contributed by atoms with Crippen LogP contribution in [0.2, 0.25) is 0 Å². The van der Waals surface area contributed by atoms with E-state index >= 15 is 0 Å². The smallest absolute Gasteiger partial charge is 0.305 e. The van der Waals surface area contributed by atoms with Gasteiger partial charge in [-0.3, -0.25) is 4.79 Å². The number of rotatable bonds is 23. The summed E-state index contributed by atoms with van der Waals surface area (Å²) in [7, 11) is 0. The van der Waals surface area contributed by atoms with Gasteiger partial charge in [-0.2, -0.15) is 0 Å². The van der Waals surface area contributed by atoms with Crippen molar-refractivity contribution in [2.24, 2.45) is 0 Å². The van der Waals surface area contributed by atoms with Crippen LogP contribution in [0.3, 0.4) is 0 Å². The average Bonchev–Trinajstić information content (AvgIpc) is 3.50. The molecule has 0 aromatic rings. The van der Waals surface area contributed by atoms with Crippen molar-refractivity contribution in [3.63, 3.8) is 0 Å². The zero-order valence-corrected chi connectivity index (χ0v) is 20.4. The lowest BCUT2D eigenvalue weighted by Gasteiger charge is -2.05. The minimum atomic E-state index is 0.00291. The minimum absolute atomic E-state index is 0.00291. The van der Waals surface area contributed by atoms with E-state index in [4.69, 9.17) is 9.47 Å². The Kier molecular flexibility index (Phi) is 18.6. The quantitative estimate of drug-likeness (QED) is 0.0937. The van der Waals surface area contributed by atoms with Gasteiger partial charge in [0.25, 0.3) is 0 Å². The van der Waals surface area contributed by atoms with Gasteiger partial charge in [0.1, 0.15) is 0 Å². The van der Waals surface area contributed by atoms with Crippen LogP contribution in [0.15, 0.2) is 0 Å². The van der Waals surface area contributed by atoms with Crippen molar-refractivity contribution in [1.82, 2.24) is 0 Å². The summed E-state index contributed by atoms with van der Waals surface area (Å²) in [6.45, 7) is 5.13. The monoisotopic (exact) mass is 424 g/mol. The van der Waals surface area contributed by atoms with Gasteiger partial charge in [0, 0.05) is 6.42 Å². The molecule has 3 heteroatoms. The van der Waals surface area contributed by atoms with E-state index in [1.807, 2.05) is 0 Å². The van der Waals surface area contributed by atoms with E-state index in [2.05, 4.69) is 13.8 Å². The highest BCUT2D eigenvalue weighted by Crippen LogP contribution is 2.31. The van der Waals surface area contributed by atoms with Gasteiger partial charge < -0.3 is 9.47 Å². The second kappa shape index (κ2) is 20.3. The van der Waals surface area contributed by atoms with Crippen LogP contribution in [0.1, 0.15) is 149 Å². The molecule has 1 aliphatic rings. The first-order valence-electron chi connectivity index (χ1n) is 13.6. The van der Waals surface area contributed by atoms with Crippen molar-refractivity contribution in [2.75, 3.05) is 6.61 Å². The number of unbranched alkanes of at least 4 members (excludes halogenated alkanes) is 15. The van der Waals surface area contributed by atoms with E-state index < -0.39 is 0 Å². The van der Waals surface area contributed by atoms with Gasteiger partial charge in [0.05, 0.1) is 18.8 Å². The van der Waals surface area contributed by atoms with E-state index in [1.54, 1.807) is 0 Å². The molecule has 0 N–H and O–H groups in total. The van der Waals surface area contributed by atoms with Crippen molar-refractivity contribution in [3.8, 4) is 0 Å². The van der Waals surface area contributed by atoms with Crippen LogP contribution >= 0.6 is 0 Å². The normalized spacial score (nSPS) is 17.9. The van der Waals surface area contributed by atoms with Gasteiger partial charge in [-0.15, -0.1) is 0 Å². The summed E-state index contributed by atoms with van der Waals surface area (Å²) in [6.07, 6.45) is 27.3. The fraction of sp³-hybridized carbons (Fsp3) is 0.963. The Morgan fingerprint density at radius 3 is 1.57 bits per heavy atom. The van der Waals surface area contributed by atoms with Gasteiger partial charge in [0.15, 0.2) is 0 Å². The predicted molar refractivity (Wildman–Crippen MR) is 128 cm³/mol. The highest BCUT2D eigenvalue weighted by atomic mass is 16.6. The summed E-state index contributed by atoms with van der Waals surface area (Å²) < 4.78 is 11.2. The molecular weight excluding hydrogens is 372 g/mol. The molecule has 0 aliphatic carbocycles. The van der Waals surface area contributed by atoms with Crippen LogP contribution in [-0.4, -0.2) is 24.8 Å². The number of ether oxygens (including phenoxy) is 2. The molecule has 0 amide bonds. The van der Waals surface area contributed by atoms with Crippen molar-refractivity contribution in [2.45, 2.75) is 161 Å². The van der Waals surface area contributed by atoms with Crippen molar-refractivity contribution < 1.29 is 14.3 Å². The van der Waals surface area contributed by atoms with Gasteiger partial charge >= 0.3 is 5.97 Å². The first-order chi connectivity index (χ1) is 14.8. The summed E-state index contributed by atoms with van der Waals surface area (Å²) in [5, 5.41) is 0. The molecule has 0 spiro atoms. The number of esters is 1. The molecule has 3 nitrogen and oxygen atoms in total. The van der Waals surface area contributed by atoms with Crippen LogP contribution < -0.4 is 0 Å². The Labute approximate surface area is 188 Å². The lowest BCUT2D eigenvalue weighted by molar-refractivity contribution is -0.143. The number of hydrogen-bond acceptors (Lipinski definition) is 3. The summed E-state index contributed by atoms with van der Waals surface area (Å²) in [6, 6.07) is 0. The molecule has 1 heterocycles. The average molecular weight is 425 g/mol. The number of carbonyl (C=O) groups is 1. The maximum Gasteiger partial charge on any atom is 0.305 e. The van der Waals surface area contributed by atoms with Crippen LogP contribution in [-0.2, 0) is 14.3 Å². The molecule has 1 aliphatic heterocycles. The van der Waals surface area contributed by atoms with E-state index in [-0.39, 0.29) is 5.97 Å². The van der Waals surface area contributed by atoms with E-state index in [1.165, 1.54) is 109 Å². The summed E-state index contributed by atoms with van der Waals surface area (Å²) >= 11 is 0. The molecule has 30 heavy (non-hydrogen) atoms. The van der Waals surface area contributed by atoms with E-state index in [9.17, 15) is 4.79 Å². The third kappa shape index (κ3) is 17.1. The molecule has 0 radical (unpaired) electrons. The van der Waals surface area contributed by atoms with Crippen molar-refractivity contribution in [3.05, 3.63) is 0 Å². The fourth-order valence-electron chi connectivity index (χ4n) is 4.28. The zero-order chi connectivity index (χ0) is 21.7. The zero-order valence-electron chi connectivity index (χ0n) is 20.4. The first-order valence-corrected chi connectivity index (χ1v) is 13.6. The predicted octanol–water partition coefficient (Wildman–Crippen LogP) is 8.53. The van der Waals surface area contributed by atoms with Crippen molar-refractivity contribution in [1.29, 1.82) is 0 Å². The third-order valence-electron chi connectivity index (χ3n) is 6.41. The Morgan fingerprint density at radius 1 is 0.600 bits per heavy atom. The lowest BCUT2D eigenvalue weighted by atomic mass is 10.0. The van der Waals surface area contributed by atoms with E-state index in [0.29, 0.717) is 25.2 Å². The number of carbonyl (C=O) groups excluding carboxylic acids is 1. The minimum Gasteiger partial charge on any atom is -0.466 e. The van der Waals surface area contributed by atoms with Crippen LogP contribution in [0.25, 0.3) is 0 Å². The topological polar surface area (TPSA) is 38.8 Å². The van der Waals surface area contributed by atoms with Crippen LogP contribution in [0.5, 0.6) is 0 Å². The van der Waals surface area contributed by atoms with Gasteiger partial charge in [-0.25, -0.2) is 0 Å². The highest BCUT2D eigenvalue weighted by molar-refractivity contribution is 5.69. The summed E-state index contributed by atoms with van der Waals surface area (Å²) in [5.74, 6) is 0.00291. The molecular formula is C27H52O3. The Bertz CT molecular complexity index is 382. The molecule has 0 aromatic carbocycles. The fourth-order valence-corrected chi connectivity index (χ4v) is 4.28. The van der Waals surface area contributed by atoms with Gasteiger partial charge in [-0.1, -0.05) is 117 Å². The maximum absolute atomic E-state index is 11.7. The van der Waals surface area contributed by atoms with Gasteiger partial charge in [-0.05, 0) is 25.7 Å². The van der Waals surface area contributed by atoms with Gasteiger partial charge in [0.2, 0.25) is 0 Å². The molecule has 2 unspecified atom stereocenters. The molecule has 1 rings (SSSR count). The largest absolute Gasteiger partial charge is 0.466 e. The third-order valence-corrected chi connectivity index (χ3v) is 6.41. The molecule has 0 saturated carbocycles. The van der Waals surface area contributed by atoms with Crippen LogP contribution in [0, 0.1) is 0 Å². The Hall–Kier alpha value is -0.570. The van der Waals surface area contributed by atoms with Crippen LogP contribution in [0.4, 0.5) is 0 Å². The second-order valence-electron chi connectivity index (χ2n) is 9.42. The highest BCUT2D eigenvalue weighted by Gasteiger charge is 2.36. The SMILES string of the molecule is CCCCCCCCCC1OC1CCCCCCCC(=O)OCCCCCCCC. The first kappa shape index (κ1) is 27.5. The second-order valence-corrected chi connectivity index (χ2v) is 9.42. The van der Waals surface area contributed by atoms with Crippen molar-refractivity contribution >= 4 is 5.97 Å². The Balaban J connectivity index is 1.75. The number of hydrogen-bond donors (Lipinski definition) is 0. The molecule has 1 saturated heterocycles. The molecule has 2 atom stereocenters. The summed E-state index contributed by atoms with van der Waals surface area (Å²) in [5.41, 5.74) is 0. The summed E-state index contributed by atoms with van der Waals surface area (Å²) in [4.78, 5) is 11.7. The number of epoxide rings is 1.